The van der Waals surface area contributed by atoms with Crippen molar-refractivity contribution in [3.63, 3.8) is 0 Å². The molecule has 1 saturated heterocycles. The number of halogens is 3. The Balaban J connectivity index is 1.40. The number of hydrogen-bond acceptors (Lipinski definition) is 4. The highest BCUT2D eigenvalue weighted by atomic mass is 19.2. The van der Waals surface area contributed by atoms with Gasteiger partial charge in [0.25, 0.3) is 5.91 Å². The molecule has 3 heterocycles. The van der Waals surface area contributed by atoms with Crippen molar-refractivity contribution in [2.45, 2.75) is 6.42 Å². The molecule has 1 fully saturated rings. The number of H-pyrrole nitrogens is 1. The van der Waals surface area contributed by atoms with Crippen LogP contribution in [0.2, 0.25) is 0 Å². The lowest BCUT2D eigenvalue weighted by atomic mass is 10.1. The number of aromatic nitrogens is 3. The van der Waals surface area contributed by atoms with E-state index in [1.807, 2.05) is 0 Å². The lowest BCUT2D eigenvalue weighted by Gasteiger charge is -2.16. The number of carbonyl (C=O) groups is 2. The molecule has 1 aliphatic rings. The van der Waals surface area contributed by atoms with Crippen molar-refractivity contribution >= 4 is 17.5 Å². The Morgan fingerprint density at radius 3 is 2.60 bits per heavy atom. The highest BCUT2D eigenvalue weighted by Crippen LogP contribution is 2.23. The molecule has 2 N–H and O–H groups in total. The van der Waals surface area contributed by atoms with E-state index in [9.17, 15) is 22.8 Å². The molecular weight excluding hydrogens is 399 g/mol. The third-order valence-electron chi connectivity index (χ3n) is 4.85. The third kappa shape index (κ3) is 3.88. The van der Waals surface area contributed by atoms with Crippen LogP contribution in [0.3, 0.4) is 0 Å². The molecule has 2 aromatic heterocycles. The highest BCUT2D eigenvalue weighted by molar-refractivity contribution is 5.96. The topological polar surface area (TPSA) is 91.0 Å². The normalized spacial score (nSPS) is 16.0. The highest BCUT2D eigenvalue weighted by Gasteiger charge is 2.32. The van der Waals surface area contributed by atoms with Crippen LogP contribution >= 0.6 is 0 Å². The number of likely N-dealkylation sites (tertiary alicyclic amines) is 1. The Morgan fingerprint density at radius 2 is 1.90 bits per heavy atom. The zero-order valence-electron chi connectivity index (χ0n) is 15.5. The van der Waals surface area contributed by atoms with Crippen LogP contribution in [-0.4, -0.2) is 44.8 Å². The van der Waals surface area contributed by atoms with E-state index in [0.29, 0.717) is 42.2 Å². The van der Waals surface area contributed by atoms with Gasteiger partial charge in [0.1, 0.15) is 11.4 Å². The molecule has 4 rings (SSSR count). The van der Waals surface area contributed by atoms with Crippen LogP contribution in [0.4, 0.5) is 18.9 Å². The van der Waals surface area contributed by atoms with Gasteiger partial charge in [-0.2, -0.15) is 0 Å². The average molecular weight is 415 g/mol. The number of carbonyl (C=O) groups excluding carboxylic acids is 2. The molecule has 0 saturated carbocycles. The van der Waals surface area contributed by atoms with Gasteiger partial charge in [0.2, 0.25) is 5.91 Å². The minimum Gasteiger partial charge on any atom is -0.349 e. The van der Waals surface area contributed by atoms with E-state index in [-0.39, 0.29) is 18.1 Å². The number of rotatable bonds is 4. The van der Waals surface area contributed by atoms with Crippen molar-refractivity contribution in [3.05, 3.63) is 66.0 Å². The monoisotopic (exact) mass is 415 g/mol. The third-order valence-corrected chi connectivity index (χ3v) is 4.85. The molecule has 1 atom stereocenters. The van der Waals surface area contributed by atoms with Crippen LogP contribution < -0.4 is 5.32 Å². The van der Waals surface area contributed by atoms with Gasteiger partial charge in [-0.25, -0.2) is 13.2 Å². The summed E-state index contributed by atoms with van der Waals surface area (Å²) in [5.41, 5.74) is 1.40. The first-order valence-corrected chi connectivity index (χ1v) is 9.12. The second kappa shape index (κ2) is 7.97. The van der Waals surface area contributed by atoms with E-state index in [2.05, 4.69) is 20.3 Å². The van der Waals surface area contributed by atoms with Crippen molar-refractivity contribution in [1.82, 2.24) is 19.9 Å². The molecule has 30 heavy (non-hydrogen) atoms. The second-order valence-corrected chi connectivity index (χ2v) is 6.86. The van der Waals surface area contributed by atoms with Crippen LogP contribution in [0.1, 0.15) is 16.9 Å². The van der Waals surface area contributed by atoms with Gasteiger partial charge < -0.3 is 15.2 Å². The van der Waals surface area contributed by atoms with E-state index in [0.717, 1.165) is 0 Å². The summed E-state index contributed by atoms with van der Waals surface area (Å²) < 4.78 is 39.7. The maximum absolute atomic E-state index is 13.3. The number of anilines is 1. The fraction of sp³-hybridized carbons (Fsp3) is 0.200. The summed E-state index contributed by atoms with van der Waals surface area (Å²) in [6.45, 7) is 0.499. The first-order chi connectivity index (χ1) is 14.4. The number of nitrogens with one attached hydrogen (secondary N) is 2. The molecule has 0 aliphatic carbocycles. The predicted molar refractivity (Wildman–Crippen MR) is 101 cm³/mol. The van der Waals surface area contributed by atoms with Gasteiger partial charge in [-0.1, -0.05) is 0 Å². The number of nitrogens with zero attached hydrogens (tertiary/aromatic N) is 3. The van der Waals surface area contributed by atoms with Crippen molar-refractivity contribution in [2.24, 2.45) is 5.92 Å². The molecule has 10 heteroatoms. The molecule has 2 amide bonds. The Kier molecular flexibility index (Phi) is 5.21. The summed E-state index contributed by atoms with van der Waals surface area (Å²) in [6.07, 6.45) is 5.04. The summed E-state index contributed by atoms with van der Waals surface area (Å²) in [6, 6.07) is 4.77. The zero-order valence-corrected chi connectivity index (χ0v) is 15.5. The van der Waals surface area contributed by atoms with Crippen LogP contribution in [-0.2, 0) is 4.79 Å². The standard InChI is InChI=1S/C20H16F3N5O2/c21-13-7-12(8-14(22)18(13)23)26-19(29)11-3-6-28(10-11)20(30)16-2-1-15(27-16)17-9-24-4-5-25-17/h1-2,4-5,7-9,11,27H,3,6,10H2,(H,26,29)/t11-/m0/s1. The van der Waals surface area contributed by atoms with Gasteiger partial charge in [0, 0.05) is 43.3 Å². The minimum atomic E-state index is -1.60. The number of hydrogen-bond donors (Lipinski definition) is 2. The first-order valence-electron chi connectivity index (χ1n) is 9.12. The van der Waals surface area contributed by atoms with Crippen LogP contribution in [0.15, 0.2) is 42.9 Å². The summed E-state index contributed by atoms with van der Waals surface area (Å²) in [5, 5.41) is 2.37. The van der Waals surface area contributed by atoms with E-state index >= 15 is 0 Å². The fourth-order valence-corrected chi connectivity index (χ4v) is 3.31. The van der Waals surface area contributed by atoms with Crippen LogP contribution in [0.5, 0.6) is 0 Å². The predicted octanol–water partition coefficient (Wildman–Crippen LogP) is 2.99. The summed E-state index contributed by atoms with van der Waals surface area (Å²) >= 11 is 0. The number of benzene rings is 1. The molecule has 0 bridgehead atoms. The van der Waals surface area contributed by atoms with Gasteiger partial charge >= 0.3 is 0 Å². The van der Waals surface area contributed by atoms with E-state index in [1.54, 1.807) is 30.7 Å². The molecule has 0 radical (unpaired) electrons. The maximum atomic E-state index is 13.3. The van der Waals surface area contributed by atoms with Crippen molar-refractivity contribution in [3.8, 4) is 11.4 Å². The average Bonchev–Trinajstić information content (AvgIpc) is 3.42. The Morgan fingerprint density at radius 1 is 1.13 bits per heavy atom. The van der Waals surface area contributed by atoms with E-state index in [1.165, 1.54) is 4.90 Å². The molecule has 7 nitrogen and oxygen atoms in total. The Labute approximate surface area is 169 Å². The molecule has 3 aromatic rings. The lowest BCUT2D eigenvalue weighted by Crippen LogP contribution is -2.31. The molecule has 0 spiro atoms. The largest absolute Gasteiger partial charge is 0.349 e. The van der Waals surface area contributed by atoms with Gasteiger partial charge in [-0.05, 0) is 18.6 Å². The van der Waals surface area contributed by atoms with Crippen LogP contribution in [0.25, 0.3) is 11.4 Å². The zero-order chi connectivity index (χ0) is 21.3. The van der Waals surface area contributed by atoms with Crippen molar-refractivity contribution in [2.75, 3.05) is 18.4 Å². The van der Waals surface area contributed by atoms with Gasteiger partial charge in [0.05, 0.1) is 17.8 Å². The van der Waals surface area contributed by atoms with Gasteiger partial charge in [0.15, 0.2) is 17.5 Å². The van der Waals surface area contributed by atoms with Crippen molar-refractivity contribution in [1.29, 1.82) is 0 Å². The number of amides is 2. The van der Waals surface area contributed by atoms with E-state index in [4.69, 9.17) is 0 Å². The van der Waals surface area contributed by atoms with Gasteiger partial charge in [-0.3, -0.25) is 19.6 Å². The van der Waals surface area contributed by atoms with E-state index < -0.39 is 29.3 Å². The molecular formula is C20H16F3N5O2. The fourth-order valence-electron chi connectivity index (χ4n) is 3.31. The minimum absolute atomic E-state index is 0.149. The number of aromatic amines is 1. The maximum Gasteiger partial charge on any atom is 0.270 e. The van der Waals surface area contributed by atoms with Gasteiger partial charge in [-0.15, -0.1) is 0 Å². The molecule has 0 unspecified atom stereocenters. The summed E-state index contributed by atoms with van der Waals surface area (Å²) in [7, 11) is 0. The Hall–Kier alpha value is -3.69. The summed E-state index contributed by atoms with van der Waals surface area (Å²) in [5.74, 6) is -5.71. The van der Waals surface area contributed by atoms with Crippen LogP contribution in [0, 0.1) is 23.4 Å². The molecule has 1 aliphatic heterocycles. The smallest absolute Gasteiger partial charge is 0.270 e. The van der Waals surface area contributed by atoms with Crippen molar-refractivity contribution < 1.29 is 22.8 Å². The second-order valence-electron chi connectivity index (χ2n) is 6.86. The molecule has 1 aromatic carbocycles. The Bertz CT molecular complexity index is 1080. The quantitative estimate of drug-likeness (QED) is 0.641. The molecule has 154 valence electrons. The first kappa shape index (κ1) is 19.6. The summed E-state index contributed by atoms with van der Waals surface area (Å²) in [4.78, 5) is 37.8. The SMILES string of the molecule is O=C(Nc1cc(F)c(F)c(F)c1)[C@H]1CCN(C(=O)c2ccc(-c3cnccn3)[nH]2)C1. The lowest BCUT2D eigenvalue weighted by molar-refractivity contribution is -0.119.